The number of allylic oxidation sites excluding steroid dienone is 26. The number of esters is 4. The third-order valence-corrected chi connectivity index (χ3v) is 18.9. The first-order valence-corrected chi connectivity index (χ1v) is 44.7. The van der Waals surface area contributed by atoms with Gasteiger partial charge in [0.05, 0.1) is 26.4 Å². The fourth-order valence-electron chi connectivity index (χ4n) is 10.7. The Hall–Kier alpha value is -5.32. The first kappa shape index (κ1) is 103. The van der Waals surface area contributed by atoms with Crippen molar-refractivity contribution in [1.29, 1.82) is 0 Å². The Labute approximate surface area is 655 Å². The highest BCUT2D eigenvalue weighted by Gasteiger charge is 2.30. The molecule has 19 heteroatoms. The summed E-state index contributed by atoms with van der Waals surface area (Å²) in [5, 5.41) is 10.7. The number of phosphoric ester groups is 2. The van der Waals surface area contributed by atoms with E-state index >= 15 is 0 Å². The van der Waals surface area contributed by atoms with Gasteiger partial charge in [0.2, 0.25) is 0 Å². The summed E-state index contributed by atoms with van der Waals surface area (Å²) in [4.78, 5) is 73.2. The predicted octanol–water partition coefficient (Wildman–Crippen LogP) is 24.8. The van der Waals surface area contributed by atoms with Crippen LogP contribution in [0.2, 0.25) is 0 Å². The Morgan fingerprint density at radius 1 is 0.269 bits per heavy atom. The van der Waals surface area contributed by atoms with Crippen molar-refractivity contribution in [3.63, 3.8) is 0 Å². The van der Waals surface area contributed by atoms with E-state index in [2.05, 4.69) is 186 Å². The summed E-state index contributed by atoms with van der Waals surface area (Å²) in [6.45, 7) is 4.46. The number of ether oxygens (including phenoxy) is 4. The molecule has 3 N–H and O–H groups in total. The molecule has 0 rings (SSSR count). The molecule has 616 valence electrons. The van der Waals surface area contributed by atoms with Gasteiger partial charge in [-0.05, 0) is 167 Å². The standard InChI is InChI=1S/C89H148O17P2/c1-5-9-13-17-21-25-29-33-37-40-41-44-47-50-54-58-62-66-70-74-87(92)100-80-85(106-89(94)76-72-68-64-60-56-52-48-43-39-35-31-27-23-19-15-11-7-3)82-104-108(97,98)102-78-83(90)77-101-107(95,96)103-81-84(105-88(93)75-71-67-63-59-55-51-45-36-32-28-24-20-16-12-8-4)79-99-86(91)73-69-65-61-57-53-49-46-42-38-34-30-26-22-18-14-10-6-2/h9-11,13-15,21-28,33-39,41,44-45,50,54,83-85,90H,5-8,12,16-20,29-32,40,42-43,46-49,51-53,55-82H2,1-4H3,(H,95,96)(H,97,98)/b13-9-,14-10-,15-11-,25-21-,26-22-,27-23-,28-24-,37-33-,38-34-,39-35-,44-41-,45-36-,54-50-. The second-order valence-corrected chi connectivity index (χ2v) is 30.2. The van der Waals surface area contributed by atoms with Crippen molar-refractivity contribution in [2.24, 2.45) is 0 Å². The summed E-state index contributed by atoms with van der Waals surface area (Å²) in [5.74, 6) is -2.25. The first-order chi connectivity index (χ1) is 52.7. The number of hydrogen-bond donors (Lipinski definition) is 3. The zero-order valence-electron chi connectivity index (χ0n) is 67.5. The Balaban J connectivity index is 5.44. The molecule has 5 atom stereocenters. The van der Waals surface area contributed by atoms with Crippen molar-refractivity contribution in [1.82, 2.24) is 0 Å². The van der Waals surface area contributed by atoms with Gasteiger partial charge in [-0.25, -0.2) is 9.13 Å². The molecule has 0 aromatic heterocycles. The van der Waals surface area contributed by atoms with E-state index in [1.165, 1.54) is 19.3 Å². The second kappa shape index (κ2) is 79.8. The summed E-state index contributed by atoms with van der Waals surface area (Å²) in [5.41, 5.74) is 0. The average Bonchev–Trinajstić information content (AvgIpc) is 0.906. The normalized spacial score (nSPS) is 14.6. The third-order valence-electron chi connectivity index (χ3n) is 17.0. The maximum atomic E-state index is 13.1. The van der Waals surface area contributed by atoms with Crippen molar-refractivity contribution in [2.45, 2.75) is 341 Å². The van der Waals surface area contributed by atoms with Gasteiger partial charge in [-0.2, -0.15) is 0 Å². The summed E-state index contributed by atoms with van der Waals surface area (Å²) in [7, 11) is -9.99. The maximum absolute atomic E-state index is 13.1. The van der Waals surface area contributed by atoms with E-state index < -0.39 is 97.5 Å². The van der Waals surface area contributed by atoms with E-state index in [0.29, 0.717) is 25.7 Å². The number of unbranched alkanes of at least 4 members (excludes halogenated alkanes) is 25. The second-order valence-electron chi connectivity index (χ2n) is 27.3. The van der Waals surface area contributed by atoms with Crippen molar-refractivity contribution in [3.05, 3.63) is 158 Å². The van der Waals surface area contributed by atoms with Crippen LogP contribution in [0.25, 0.3) is 0 Å². The van der Waals surface area contributed by atoms with E-state index in [9.17, 15) is 43.2 Å². The summed E-state index contributed by atoms with van der Waals surface area (Å²) in [6, 6.07) is 0. The van der Waals surface area contributed by atoms with E-state index in [-0.39, 0.29) is 25.7 Å². The van der Waals surface area contributed by atoms with Crippen LogP contribution in [-0.2, 0) is 65.4 Å². The lowest BCUT2D eigenvalue weighted by Crippen LogP contribution is -2.30. The minimum Gasteiger partial charge on any atom is -0.462 e. The van der Waals surface area contributed by atoms with Gasteiger partial charge in [0, 0.05) is 25.7 Å². The van der Waals surface area contributed by atoms with Gasteiger partial charge in [0.1, 0.15) is 19.3 Å². The number of aliphatic hydroxyl groups excluding tert-OH is 1. The summed E-state index contributed by atoms with van der Waals surface area (Å²) >= 11 is 0. The number of carbonyl (C=O) groups excluding carboxylic acids is 4. The first-order valence-electron chi connectivity index (χ1n) is 41.7. The molecule has 0 saturated carbocycles. The van der Waals surface area contributed by atoms with Crippen LogP contribution in [0.1, 0.15) is 323 Å². The smallest absolute Gasteiger partial charge is 0.462 e. The van der Waals surface area contributed by atoms with Gasteiger partial charge in [0.25, 0.3) is 0 Å². The average molecular weight is 1550 g/mol. The van der Waals surface area contributed by atoms with Crippen molar-refractivity contribution >= 4 is 39.5 Å². The molecule has 0 heterocycles. The molecule has 0 saturated heterocycles. The van der Waals surface area contributed by atoms with Crippen molar-refractivity contribution in [3.8, 4) is 0 Å². The van der Waals surface area contributed by atoms with Gasteiger partial charge in [-0.15, -0.1) is 0 Å². The highest BCUT2D eigenvalue weighted by Crippen LogP contribution is 2.45. The van der Waals surface area contributed by atoms with Gasteiger partial charge in [0.15, 0.2) is 12.2 Å². The molecule has 17 nitrogen and oxygen atoms in total. The van der Waals surface area contributed by atoms with E-state index in [1.807, 2.05) is 0 Å². The zero-order chi connectivity index (χ0) is 78.9. The Morgan fingerprint density at radius 3 is 0.750 bits per heavy atom. The molecular formula is C89H148O17P2. The van der Waals surface area contributed by atoms with Crippen molar-refractivity contribution in [2.75, 3.05) is 39.6 Å². The molecular weight excluding hydrogens is 1400 g/mol. The Bertz CT molecular complexity index is 2660. The van der Waals surface area contributed by atoms with E-state index in [0.717, 1.165) is 225 Å². The van der Waals surface area contributed by atoms with Crippen LogP contribution in [0, 0.1) is 0 Å². The fourth-order valence-corrected chi connectivity index (χ4v) is 12.3. The number of rotatable bonds is 77. The molecule has 0 aromatic carbocycles. The van der Waals surface area contributed by atoms with Gasteiger partial charge in [-0.3, -0.25) is 37.3 Å². The molecule has 0 spiro atoms. The van der Waals surface area contributed by atoms with Gasteiger partial charge >= 0.3 is 39.5 Å². The van der Waals surface area contributed by atoms with E-state index in [1.54, 1.807) is 0 Å². The Kier molecular flexibility index (Phi) is 75.8. The minimum atomic E-state index is -5.00. The molecule has 0 aromatic rings. The number of phosphoric acid groups is 2. The van der Waals surface area contributed by atoms with Crippen LogP contribution in [-0.4, -0.2) is 96.7 Å². The lowest BCUT2D eigenvalue weighted by Gasteiger charge is -2.21. The highest BCUT2D eigenvalue weighted by molar-refractivity contribution is 7.47. The molecule has 0 aliphatic carbocycles. The number of hydrogen-bond acceptors (Lipinski definition) is 15. The third kappa shape index (κ3) is 78.8. The molecule has 0 amide bonds. The topological polar surface area (TPSA) is 237 Å². The lowest BCUT2D eigenvalue weighted by atomic mass is 10.1. The molecule has 0 bridgehead atoms. The summed E-state index contributed by atoms with van der Waals surface area (Å²) < 4.78 is 68.7. The molecule has 0 aliphatic rings. The molecule has 5 unspecified atom stereocenters. The molecule has 0 aliphatic heterocycles. The van der Waals surface area contributed by atoms with Crippen LogP contribution in [0.4, 0.5) is 0 Å². The molecule has 0 radical (unpaired) electrons. The molecule has 108 heavy (non-hydrogen) atoms. The van der Waals surface area contributed by atoms with Crippen LogP contribution < -0.4 is 0 Å². The minimum absolute atomic E-state index is 0.0708. The quantitative estimate of drug-likeness (QED) is 0.0169. The van der Waals surface area contributed by atoms with E-state index in [4.69, 9.17) is 37.0 Å². The van der Waals surface area contributed by atoms with Crippen LogP contribution in [0.3, 0.4) is 0 Å². The van der Waals surface area contributed by atoms with Crippen LogP contribution >= 0.6 is 15.6 Å². The van der Waals surface area contributed by atoms with Gasteiger partial charge in [-0.1, -0.05) is 288 Å². The lowest BCUT2D eigenvalue weighted by molar-refractivity contribution is -0.161. The summed E-state index contributed by atoms with van der Waals surface area (Å²) in [6.07, 6.45) is 93.4. The zero-order valence-corrected chi connectivity index (χ0v) is 69.3. The van der Waals surface area contributed by atoms with Gasteiger partial charge < -0.3 is 33.8 Å². The maximum Gasteiger partial charge on any atom is 0.472 e. The highest BCUT2D eigenvalue weighted by atomic mass is 31.2. The van der Waals surface area contributed by atoms with Crippen LogP contribution in [0.15, 0.2) is 158 Å². The van der Waals surface area contributed by atoms with Crippen LogP contribution in [0.5, 0.6) is 0 Å². The predicted molar refractivity (Wildman–Crippen MR) is 445 cm³/mol. The monoisotopic (exact) mass is 1550 g/mol. The molecule has 0 fully saturated rings. The Morgan fingerprint density at radius 2 is 0.481 bits per heavy atom. The SMILES string of the molecule is CC/C=C\C/C=C\C/C=C\C/C=C\C/C=C\CCCCCC(=O)OCC(COP(=O)(O)OCC(O)COP(=O)(O)OCC(COC(=O)CCCCCCCCC/C=C\C/C=C\C/C=C\CC)OC(=O)CCCCCCC/C=C\C/C=C\CCCCC)OC(=O)CCCCCCCCC/C=C\C/C=C\C/C=C\CC. The van der Waals surface area contributed by atoms with Crippen molar-refractivity contribution < 1.29 is 80.2 Å². The largest absolute Gasteiger partial charge is 0.472 e. The number of aliphatic hydroxyl groups is 1. The number of carbonyl (C=O) groups is 4. The fraction of sp³-hybridized carbons (Fsp3) is 0.663.